The molecule has 96 valence electrons. The van der Waals surface area contributed by atoms with Gasteiger partial charge in [-0.3, -0.25) is 20.7 Å². The Hall–Kier alpha value is -2.68. The molecule has 0 saturated heterocycles. The number of ether oxygens (including phenoxy) is 1. The summed E-state index contributed by atoms with van der Waals surface area (Å²) >= 11 is 0. The molecule has 0 bridgehead atoms. The lowest BCUT2D eigenvalue weighted by molar-refractivity contribution is -0.384. The number of benzene rings is 1. The Morgan fingerprint density at radius 2 is 2.39 bits per heavy atom. The molecule has 1 aromatic carbocycles. The maximum Gasteiger partial charge on any atom is 0.270 e. The second-order valence-corrected chi connectivity index (χ2v) is 3.04. The van der Waals surface area contributed by atoms with Crippen LogP contribution in [0.4, 0.5) is 5.69 Å². The molecule has 9 nitrogen and oxygen atoms in total. The zero-order valence-electron chi connectivity index (χ0n) is 9.38. The van der Waals surface area contributed by atoms with Gasteiger partial charge in [-0.2, -0.15) is 5.10 Å². The van der Waals surface area contributed by atoms with E-state index in [2.05, 4.69) is 10.5 Å². The van der Waals surface area contributed by atoms with E-state index in [0.29, 0.717) is 11.3 Å². The number of non-ortho nitro benzene ring substituents is 1. The molecule has 0 aromatic heterocycles. The van der Waals surface area contributed by atoms with Crippen LogP contribution < -0.4 is 15.6 Å². The Labute approximate surface area is 102 Å². The Kier molecular flexibility index (Phi) is 4.58. The van der Waals surface area contributed by atoms with E-state index in [-0.39, 0.29) is 5.69 Å². The number of nitro groups is 1. The molecule has 0 aliphatic rings. The van der Waals surface area contributed by atoms with Crippen LogP contribution in [-0.2, 0) is 0 Å². The van der Waals surface area contributed by atoms with Crippen LogP contribution >= 0.6 is 0 Å². The summed E-state index contributed by atoms with van der Waals surface area (Å²) in [7, 11) is 1.42. The van der Waals surface area contributed by atoms with Gasteiger partial charge in [-0.15, -0.1) is 0 Å². The van der Waals surface area contributed by atoms with Crippen LogP contribution in [-0.4, -0.2) is 29.4 Å². The Morgan fingerprint density at radius 3 is 2.94 bits per heavy atom. The molecule has 0 spiro atoms. The number of nitrogens with zero attached hydrogens (tertiary/aromatic N) is 2. The van der Waals surface area contributed by atoms with Crippen molar-refractivity contribution >= 4 is 17.9 Å². The Morgan fingerprint density at radius 1 is 1.67 bits per heavy atom. The largest absolute Gasteiger partial charge is 0.496 e. The lowest BCUT2D eigenvalue weighted by Crippen LogP contribution is -2.30. The average Bonchev–Trinajstić information content (AvgIpc) is 2.38. The van der Waals surface area contributed by atoms with Gasteiger partial charge in [-0.25, -0.2) is 10.9 Å². The van der Waals surface area contributed by atoms with Crippen molar-refractivity contribution < 1.29 is 14.9 Å². The number of hydrogen-bond donors (Lipinski definition) is 4. The lowest BCUT2D eigenvalue weighted by Gasteiger charge is -2.04. The van der Waals surface area contributed by atoms with Crippen LogP contribution in [0.3, 0.4) is 0 Å². The van der Waals surface area contributed by atoms with Gasteiger partial charge in [0.1, 0.15) is 5.75 Å². The molecule has 0 amide bonds. The van der Waals surface area contributed by atoms with Gasteiger partial charge in [-0.05, 0) is 6.07 Å². The zero-order chi connectivity index (χ0) is 13.5. The van der Waals surface area contributed by atoms with Crippen LogP contribution in [0.1, 0.15) is 5.56 Å². The van der Waals surface area contributed by atoms with Gasteiger partial charge in [0, 0.05) is 17.7 Å². The molecule has 0 aliphatic heterocycles. The number of methoxy groups -OCH3 is 1. The zero-order valence-corrected chi connectivity index (χ0v) is 9.38. The number of hydrogen-bond acceptors (Lipinski definition) is 6. The van der Waals surface area contributed by atoms with Crippen molar-refractivity contribution in [1.82, 2.24) is 10.9 Å². The molecule has 0 fully saturated rings. The fourth-order valence-corrected chi connectivity index (χ4v) is 1.13. The second-order valence-electron chi connectivity index (χ2n) is 3.04. The summed E-state index contributed by atoms with van der Waals surface area (Å²) in [5.41, 5.74) is 3.94. The van der Waals surface area contributed by atoms with Crippen LogP contribution in [0.15, 0.2) is 23.3 Å². The Balaban J connectivity index is 2.94. The normalized spacial score (nSPS) is 10.1. The minimum Gasteiger partial charge on any atom is -0.496 e. The molecule has 0 atom stereocenters. The third kappa shape index (κ3) is 3.42. The first-order valence-electron chi connectivity index (χ1n) is 4.68. The number of nitro benzene ring substituents is 1. The molecular formula is C9H11N5O4. The predicted octanol–water partition coefficient (Wildman–Crippen LogP) is 0.440. The fourth-order valence-electron chi connectivity index (χ4n) is 1.13. The standard InChI is InChI=1S/C9H11N5O4/c1-18-8-3-2-7(14(16)17)4-6(8)5-11-12-9(10)13-15/h2-5,15H,1H3,(H3,10,12,13). The van der Waals surface area contributed by atoms with Crippen molar-refractivity contribution in [3.63, 3.8) is 0 Å². The minimum absolute atomic E-state index is 0.104. The van der Waals surface area contributed by atoms with E-state index < -0.39 is 10.9 Å². The number of rotatable bonds is 4. The molecule has 0 saturated carbocycles. The second kappa shape index (κ2) is 6.15. The smallest absolute Gasteiger partial charge is 0.270 e. The van der Waals surface area contributed by atoms with E-state index in [0.717, 1.165) is 0 Å². The number of hydrazone groups is 1. The molecule has 4 N–H and O–H groups in total. The topological polar surface area (TPSA) is 133 Å². The molecule has 1 aromatic rings. The summed E-state index contributed by atoms with van der Waals surface area (Å²) in [6, 6.07) is 4.02. The number of guanidine groups is 1. The summed E-state index contributed by atoms with van der Waals surface area (Å²) in [5, 5.41) is 29.5. The van der Waals surface area contributed by atoms with Gasteiger partial charge in [-0.1, -0.05) is 0 Å². The Bertz CT molecular complexity index is 488. The summed E-state index contributed by atoms with van der Waals surface area (Å²) in [4.78, 5) is 10.1. The van der Waals surface area contributed by atoms with E-state index in [1.165, 1.54) is 37.0 Å². The molecule has 1 rings (SSSR count). The molecule has 0 aliphatic carbocycles. The van der Waals surface area contributed by atoms with E-state index in [1.807, 2.05) is 0 Å². The summed E-state index contributed by atoms with van der Waals surface area (Å²) in [5.74, 6) is -0.0368. The quantitative estimate of drug-likeness (QED) is 0.266. The maximum absolute atomic E-state index is 10.6. The highest BCUT2D eigenvalue weighted by Gasteiger charge is 2.09. The van der Waals surface area contributed by atoms with Gasteiger partial charge in [0.25, 0.3) is 5.69 Å². The summed E-state index contributed by atoms with van der Waals surface area (Å²) in [6.45, 7) is 0. The molecule has 9 heteroatoms. The monoisotopic (exact) mass is 253 g/mol. The molecular weight excluding hydrogens is 242 g/mol. The first-order chi connectivity index (χ1) is 8.58. The van der Waals surface area contributed by atoms with Crippen molar-refractivity contribution in [2.24, 2.45) is 5.10 Å². The third-order valence-electron chi connectivity index (χ3n) is 1.92. The lowest BCUT2D eigenvalue weighted by atomic mass is 10.2. The molecule has 18 heavy (non-hydrogen) atoms. The first kappa shape index (κ1) is 13.4. The van der Waals surface area contributed by atoms with Crippen molar-refractivity contribution in [2.75, 3.05) is 7.11 Å². The minimum atomic E-state index is -0.540. The molecule has 0 unspecified atom stereocenters. The number of hydroxylamine groups is 1. The van der Waals surface area contributed by atoms with Crippen molar-refractivity contribution in [1.29, 1.82) is 5.41 Å². The first-order valence-corrected chi connectivity index (χ1v) is 4.68. The van der Waals surface area contributed by atoms with E-state index in [9.17, 15) is 10.1 Å². The summed E-state index contributed by atoms with van der Waals surface area (Å²) in [6.07, 6.45) is 1.23. The fraction of sp³-hybridized carbons (Fsp3) is 0.111. The highest BCUT2D eigenvalue weighted by Crippen LogP contribution is 2.22. The van der Waals surface area contributed by atoms with Crippen LogP contribution in [0.25, 0.3) is 0 Å². The number of nitrogens with one attached hydrogen (secondary N) is 3. The van der Waals surface area contributed by atoms with Crippen molar-refractivity contribution in [3.8, 4) is 5.75 Å². The van der Waals surface area contributed by atoms with Gasteiger partial charge in [0.2, 0.25) is 5.96 Å². The van der Waals surface area contributed by atoms with Crippen LogP contribution in [0, 0.1) is 15.5 Å². The van der Waals surface area contributed by atoms with Crippen LogP contribution in [0.5, 0.6) is 5.75 Å². The van der Waals surface area contributed by atoms with Gasteiger partial charge in [0.15, 0.2) is 0 Å². The average molecular weight is 253 g/mol. The van der Waals surface area contributed by atoms with Crippen molar-refractivity contribution in [2.45, 2.75) is 0 Å². The van der Waals surface area contributed by atoms with E-state index in [4.69, 9.17) is 15.4 Å². The predicted molar refractivity (Wildman–Crippen MR) is 63.0 cm³/mol. The van der Waals surface area contributed by atoms with Gasteiger partial charge >= 0.3 is 0 Å². The highest BCUT2D eigenvalue weighted by molar-refractivity contribution is 5.86. The summed E-state index contributed by atoms with van der Waals surface area (Å²) < 4.78 is 5.00. The van der Waals surface area contributed by atoms with Gasteiger partial charge in [0.05, 0.1) is 18.2 Å². The third-order valence-corrected chi connectivity index (χ3v) is 1.92. The molecule has 0 radical (unpaired) electrons. The van der Waals surface area contributed by atoms with E-state index in [1.54, 1.807) is 0 Å². The molecule has 0 heterocycles. The highest BCUT2D eigenvalue weighted by atomic mass is 16.6. The van der Waals surface area contributed by atoms with Crippen LogP contribution in [0.2, 0.25) is 0 Å². The maximum atomic E-state index is 10.6. The van der Waals surface area contributed by atoms with E-state index >= 15 is 0 Å². The SMILES string of the molecule is COc1ccc([N+](=O)[O-])cc1C=NNC(=N)NO. The van der Waals surface area contributed by atoms with Gasteiger partial charge < -0.3 is 4.74 Å². The van der Waals surface area contributed by atoms with Crippen molar-refractivity contribution in [3.05, 3.63) is 33.9 Å².